The third-order valence-electron chi connectivity index (χ3n) is 0.149. The van der Waals surface area contributed by atoms with Crippen LogP contribution in [0.5, 0.6) is 0 Å². The number of aliphatic hydroxyl groups excluding tert-OH is 1. The Kier molecular flexibility index (Phi) is 26.7. The summed E-state index contributed by atoms with van der Waals surface area (Å²) in [4.78, 5) is 8.58. The van der Waals surface area contributed by atoms with Gasteiger partial charge in [0.1, 0.15) is 0 Å². The fraction of sp³-hybridized carbons (Fsp3) is 0.250. The molecular formula is C4H9NO2. The fourth-order valence-corrected chi connectivity index (χ4v) is 0. The van der Waals surface area contributed by atoms with Crippen molar-refractivity contribution in [2.45, 2.75) is 6.92 Å². The van der Waals surface area contributed by atoms with Gasteiger partial charge in [-0.05, 0) is 6.92 Å². The van der Waals surface area contributed by atoms with E-state index in [0.29, 0.717) is 0 Å². The molecule has 0 aliphatic carbocycles. The summed E-state index contributed by atoms with van der Waals surface area (Å²) >= 11 is 0. The molecule has 0 aliphatic rings. The monoisotopic (exact) mass is 103 g/mol. The zero-order valence-corrected chi connectivity index (χ0v) is 4.16. The highest BCUT2D eigenvalue weighted by Crippen LogP contribution is 1.51. The van der Waals surface area contributed by atoms with Crippen LogP contribution >= 0.6 is 0 Å². The Hall–Kier alpha value is -0.990. The third-order valence-corrected chi connectivity index (χ3v) is 0.149. The Morgan fingerprint density at radius 2 is 1.86 bits per heavy atom. The summed E-state index contributed by atoms with van der Waals surface area (Å²) in [5.74, 6) is 0. The molecule has 3 nitrogen and oxygen atoms in total. The summed E-state index contributed by atoms with van der Waals surface area (Å²) in [6, 6.07) is 0. The molecule has 0 spiro atoms. The van der Waals surface area contributed by atoms with Gasteiger partial charge in [-0.1, -0.05) is 6.08 Å². The highest BCUT2D eigenvalue weighted by molar-refractivity contribution is 5.42. The zero-order chi connectivity index (χ0) is 6.12. The van der Waals surface area contributed by atoms with Crippen LogP contribution < -0.4 is 5.73 Å². The number of carbonyl (C=O) groups excluding carboxylic acids is 1. The summed E-state index contributed by atoms with van der Waals surface area (Å²) < 4.78 is 0. The lowest BCUT2D eigenvalue weighted by Crippen LogP contribution is -1.82. The first kappa shape index (κ1) is 9.38. The van der Waals surface area contributed by atoms with E-state index in [0.717, 1.165) is 6.26 Å². The molecule has 0 heterocycles. The Labute approximate surface area is 42.4 Å². The maximum Gasteiger partial charge on any atom is 0.204 e. The largest absolute Gasteiger partial charge is 0.516 e. The summed E-state index contributed by atoms with van der Waals surface area (Å²) in [6.45, 7) is 1.75. The molecule has 3 heteroatoms. The van der Waals surface area contributed by atoms with Crippen LogP contribution in [0.2, 0.25) is 0 Å². The SMILES string of the molecule is CC=CO.NC=O. The van der Waals surface area contributed by atoms with Gasteiger partial charge < -0.3 is 10.8 Å². The van der Waals surface area contributed by atoms with Gasteiger partial charge in [0.05, 0.1) is 6.26 Å². The van der Waals surface area contributed by atoms with E-state index in [1.807, 2.05) is 0 Å². The molecule has 0 atom stereocenters. The first-order chi connectivity index (χ1) is 3.33. The van der Waals surface area contributed by atoms with Gasteiger partial charge in [-0.25, -0.2) is 0 Å². The van der Waals surface area contributed by atoms with Gasteiger partial charge in [0.25, 0.3) is 0 Å². The molecule has 0 bridgehead atoms. The van der Waals surface area contributed by atoms with E-state index < -0.39 is 0 Å². The molecular weight excluding hydrogens is 94.0 g/mol. The minimum atomic E-state index is 0.250. The number of nitrogens with two attached hydrogens (primary N) is 1. The van der Waals surface area contributed by atoms with Gasteiger partial charge in [0, 0.05) is 0 Å². The highest BCUT2D eigenvalue weighted by atomic mass is 16.2. The molecule has 0 saturated carbocycles. The molecule has 0 saturated heterocycles. The molecule has 0 rings (SSSR count). The van der Waals surface area contributed by atoms with Crippen molar-refractivity contribution in [3.8, 4) is 0 Å². The fourth-order valence-electron chi connectivity index (χ4n) is 0. The molecule has 0 aliphatic heterocycles. The van der Waals surface area contributed by atoms with E-state index in [1.165, 1.54) is 0 Å². The van der Waals surface area contributed by atoms with Crippen LogP contribution in [-0.4, -0.2) is 11.5 Å². The molecule has 0 aromatic heterocycles. The van der Waals surface area contributed by atoms with E-state index in [2.05, 4.69) is 5.73 Å². The summed E-state index contributed by atoms with van der Waals surface area (Å²) in [6.07, 6.45) is 2.81. The van der Waals surface area contributed by atoms with E-state index >= 15 is 0 Å². The first-order valence-electron chi connectivity index (χ1n) is 1.74. The summed E-state index contributed by atoms with van der Waals surface area (Å²) in [5.41, 5.74) is 4.17. The second-order valence-electron chi connectivity index (χ2n) is 0.618. The number of hydrogen-bond acceptors (Lipinski definition) is 2. The van der Waals surface area contributed by atoms with Crippen LogP contribution in [0, 0.1) is 0 Å². The molecule has 0 fully saturated rings. The second-order valence-corrected chi connectivity index (χ2v) is 0.618. The number of amides is 1. The van der Waals surface area contributed by atoms with E-state index in [9.17, 15) is 0 Å². The highest BCUT2D eigenvalue weighted by Gasteiger charge is 1.35. The van der Waals surface area contributed by atoms with E-state index in [4.69, 9.17) is 9.90 Å². The van der Waals surface area contributed by atoms with Crippen LogP contribution in [0.4, 0.5) is 0 Å². The molecule has 0 radical (unpaired) electrons. The Bertz CT molecular complexity index is 47.7. The lowest BCUT2D eigenvalue weighted by atomic mass is 10.8. The van der Waals surface area contributed by atoms with Crippen LogP contribution in [0.25, 0.3) is 0 Å². The van der Waals surface area contributed by atoms with Crippen molar-refractivity contribution in [2.75, 3.05) is 0 Å². The van der Waals surface area contributed by atoms with Gasteiger partial charge in [0.2, 0.25) is 6.41 Å². The average molecular weight is 103 g/mol. The number of primary amides is 1. The van der Waals surface area contributed by atoms with Crippen LogP contribution in [-0.2, 0) is 4.79 Å². The Morgan fingerprint density at radius 3 is 1.86 bits per heavy atom. The predicted molar refractivity (Wildman–Crippen MR) is 27.7 cm³/mol. The van der Waals surface area contributed by atoms with Crippen molar-refractivity contribution in [3.05, 3.63) is 12.3 Å². The summed E-state index contributed by atoms with van der Waals surface area (Å²) in [5, 5.41) is 7.69. The van der Waals surface area contributed by atoms with Crippen molar-refractivity contribution in [1.82, 2.24) is 0 Å². The second kappa shape index (κ2) is 19.9. The standard InChI is InChI=1S/C3H6O.CH3NO/c1-2-3-4;2-1-3/h2-4H,1H3;1H,(H2,2,3). The van der Waals surface area contributed by atoms with Crippen LogP contribution in [0.15, 0.2) is 12.3 Å². The average Bonchev–Trinajstić information content (AvgIpc) is 1.69. The van der Waals surface area contributed by atoms with Gasteiger partial charge in [-0.2, -0.15) is 0 Å². The van der Waals surface area contributed by atoms with Crippen LogP contribution in [0.3, 0.4) is 0 Å². The lowest BCUT2D eigenvalue weighted by molar-refractivity contribution is -0.106. The summed E-state index contributed by atoms with van der Waals surface area (Å²) in [7, 11) is 0. The van der Waals surface area contributed by atoms with Gasteiger partial charge in [-0.15, -0.1) is 0 Å². The molecule has 0 aromatic carbocycles. The van der Waals surface area contributed by atoms with Crippen molar-refractivity contribution in [3.63, 3.8) is 0 Å². The molecule has 0 unspecified atom stereocenters. The smallest absolute Gasteiger partial charge is 0.204 e. The zero-order valence-electron chi connectivity index (χ0n) is 4.16. The number of allylic oxidation sites excluding steroid dienone is 1. The normalized spacial score (nSPS) is 7.00. The van der Waals surface area contributed by atoms with Crippen molar-refractivity contribution < 1.29 is 9.90 Å². The minimum absolute atomic E-state index is 0.250. The minimum Gasteiger partial charge on any atom is -0.516 e. The molecule has 3 N–H and O–H groups in total. The first-order valence-corrected chi connectivity index (χ1v) is 1.74. The lowest BCUT2D eigenvalue weighted by Gasteiger charge is -1.53. The maximum absolute atomic E-state index is 8.58. The molecule has 7 heavy (non-hydrogen) atoms. The molecule has 0 aromatic rings. The van der Waals surface area contributed by atoms with Gasteiger partial charge in [0.15, 0.2) is 0 Å². The maximum atomic E-state index is 8.58. The van der Waals surface area contributed by atoms with E-state index in [1.54, 1.807) is 13.0 Å². The predicted octanol–water partition coefficient (Wildman–Crippen LogP) is 0.180. The quantitative estimate of drug-likeness (QED) is 0.339. The van der Waals surface area contributed by atoms with E-state index in [-0.39, 0.29) is 6.41 Å². The Morgan fingerprint density at radius 1 is 1.71 bits per heavy atom. The molecule has 1 amide bonds. The number of carbonyl (C=O) groups is 1. The number of hydrogen-bond donors (Lipinski definition) is 2. The Balaban J connectivity index is 0. The number of aliphatic hydroxyl groups is 1. The van der Waals surface area contributed by atoms with Crippen molar-refractivity contribution in [2.24, 2.45) is 5.73 Å². The van der Waals surface area contributed by atoms with Crippen molar-refractivity contribution in [1.29, 1.82) is 0 Å². The van der Waals surface area contributed by atoms with Gasteiger partial charge in [-0.3, -0.25) is 4.79 Å². The van der Waals surface area contributed by atoms with Gasteiger partial charge >= 0.3 is 0 Å². The van der Waals surface area contributed by atoms with Crippen LogP contribution in [0.1, 0.15) is 6.92 Å². The topological polar surface area (TPSA) is 63.3 Å². The third kappa shape index (κ3) is 454000. The number of rotatable bonds is 0. The van der Waals surface area contributed by atoms with Crippen molar-refractivity contribution >= 4 is 6.41 Å². The molecule has 42 valence electrons.